The largest absolute Gasteiger partial charge is 0.483 e. The van der Waals surface area contributed by atoms with Gasteiger partial charge in [0.05, 0.1) is 23.1 Å². The predicted molar refractivity (Wildman–Crippen MR) is 162 cm³/mol. The van der Waals surface area contributed by atoms with Crippen LogP contribution in [0.3, 0.4) is 0 Å². The van der Waals surface area contributed by atoms with Gasteiger partial charge in [-0.25, -0.2) is 0 Å². The Morgan fingerprint density at radius 2 is 1.78 bits per heavy atom. The van der Waals surface area contributed by atoms with Crippen LogP contribution in [-0.2, 0) is 43.6 Å². The number of aryl methyl sites for hydroxylation is 1. The Labute approximate surface area is 267 Å². The number of rotatable bonds is 8. The van der Waals surface area contributed by atoms with E-state index in [2.05, 4.69) is 11.9 Å². The molecule has 8 nitrogen and oxygen atoms in total. The van der Waals surface area contributed by atoms with Crippen molar-refractivity contribution in [2.45, 2.75) is 102 Å². The van der Waals surface area contributed by atoms with E-state index >= 15 is 0 Å². The highest BCUT2D eigenvalue weighted by Crippen LogP contribution is 2.67. The van der Waals surface area contributed by atoms with Gasteiger partial charge in [0, 0.05) is 32.4 Å². The zero-order chi connectivity index (χ0) is 33.2. The molecule has 11 heteroatoms. The molecule has 0 N–H and O–H groups in total. The van der Waals surface area contributed by atoms with Crippen molar-refractivity contribution in [2.75, 3.05) is 20.1 Å². The van der Waals surface area contributed by atoms with Gasteiger partial charge in [-0.3, -0.25) is 19.3 Å². The minimum atomic E-state index is -4.43. The van der Waals surface area contributed by atoms with Crippen molar-refractivity contribution in [3.63, 3.8) is 0 Å². The van der Waals surface area contributed by atoms with E-state index in [1.54, 1.807) is 6.07 Å². The quantitative estimate of drug-likeness (QED) is 0.279. The van der Waals surface area contributed by atoms with E-state index in [0.717, 1.165) is 29.8 Å². The van der Waals surface area contributed by atoms with Crippen molar-refractivity contribution in [1.29, 1.82) is 0 Å². The highest BCUT2D eigenvalue weighted by atomic mass is 19.4. The van der Waals surface area contributed by atoms with Crippen molar-refractivity contribution >= 4 is 17.8 Å². The Bertz CT molecular complexity index is 1540. The summed E-state index contributed by atoms with van der Waals surface area (Å²) in [5.41, 5.74) is 0.197. The first-order valence-electron chi connectivity index (χ1n) is 16.0. The van der Waals surface area contributed by atoms with E-state index in [4.69, 9.17) is 14.2 Å². The number of ether oxygens (including phenoxy) is 3. The molecule has 5 atom stereocenters. The molecule has 0 aromatic heterocycles. The van der Waals surface area contributed by atoms with Gasteiger partial charge in [-0.2, -0.15) is 13.2 Å². The van der Waals surface area contributed by atoms with Crippen LogP contribution in [0.15, 0.2) is 36.4 Å². The minimum absolute atomic E-state index is 0.107. The Morgan fingerprint density at radius 1 is 1.07 bits per heavy atom. The maximum atomic E-state index is 14.1. The molecule has 248 valence electrons. The Kier molecular flexibility index (Phi) is 8.14. The number of likely N-dealkylation sites (tertiary alicyclic amines) is 1. The average molecular weight is 643 g/mol. The molecule has 2 heterocycles. The number of amides is 1. The third kappa shape index (κ3) is 5.15. The average Bonchev–Trinajstić information content (AvgIpc) is 3.33. The molecule has 2 fully saturated rings. The van der Waals surface area contributed by atoms with Gasteiger partial charge in [-0.05, 0) is 80.9 Å². The number of halogens is 3. The summed E-state index contributed by atoms with van der Waals surface area (Å²) >= 11 is 0. The lowest BCUT2D eigenvalue weighted by atomic mass is 9.48. The highest BCUT2D eigenvalue weighted by Gasteiger charge is 2.75. The number of carbonyl (C=O) groups is 3. The molecule has 2 aromatic carbocycles. The van der Waals surface area contributed by atoms with Gasteiger partial charge in [0.2, 0.25) is 5.91 Å². The molecule has 6 rings (SSSR count). The molecule has 1 saturated heterocycles. The number of alkyl halides is 3. The van der Waals surface area contributed by atoms with Crippen LogP contribution < -0.4 is 9.47 Å². The van der Waals surface area contributed by atoms with Crippen LogP contribution in [-0.4, -0.2) is 71.6 Å². The first-order chi connectivity index (χ1) is 21.7. The summed E-state index contributed by atoms with van der Waals surface area (Å²) in [4.78, 5) is 43.2. The van der Waals surface area contributed by atoms with E-state index in [1.165, 1.54) is 26.0 Å². The molecule has 1 spiro atoms. The lowest BCUT2D eigenvalue weighted by Crippen LogP contribution is -2.79. The normalized spacial score (nSPS) is 27.9. The summed E-state index contributed by atoms with van der Waals surface area (Å²) in [7, 11) is 2.05. The Balaban J connectivity index is 1.40. The van der Waals surface area contributed by atoms with E-state index in [1.807, 2.05) is 24.8 Å². The third-order valence-electron chi connectivity index (χ3n) is 10.4. The number of likely N-dealkylation sites (N-methyl/N-ethyl adjacent to an activating group) is 1. The van der Waals surface area contributed by atoms with E-state index in [-0.39, 0.29) is 36.3 Å². The fourth-order valence-electron chi connectivity index (χ4n) is 8.77. The smallest absolute Gasteiger partial charge is 0.416 e. The van der Waals surface area contributed by atoms with Gasteiger partial charge in [0.1, 0.15) is 11.7 Å². The van der Waals surface area contributed by atoms with Crippen LogP contribution in [0, 0.1) is 5.92 Å². The van der Waals surface area contributed by atoms with Gasteiger partial charge in [0.25, 0.3) is 0 Å². The number of hydrogen-bond acceptors (Lipinski definition) is 7. The summed E-state index contributed by atoms with van der Waals surface area (Å²) in [5.74, 6) is -0.0586. The van der Waals surface area contributed by atoms with Crippen molar-refractivity contribution in [1.82, 2.24) is 9.80 Å². The number of hydrogen-bond donors (Lipinski definition) is 0. The summed E-state index contributed by atoms with van der Waals surface area (Å²) in [6.07, 6.45) is -2.30. The van der Waals surface area contributed by atoms with Crippen LogP contribution in [0.25, 0.3) is 0 Å². The van der Waals surface area contributed by atoms with E-state index in [9.17, 15) is 27.6 Å². The SMILES string of the molecule is CC(=O)Oc1ccc2c3c1OC1C(N(CC(C)C)C(=O)CCc4ccc(C(F)(F)F)cc4)CC[C@@]4(OC(C)=O)[C@@H](C2)N(C)CC[C@]314. The van der Waals surface area contributed by atoms with E-state index < -0.39 is 34.8 Å². The molecular weight excluding hydrogens is 601 g/mol. The molecule has 1 amide bonds. The molecule has 1 saturated carbocycles. The first kappa shape index (κ1) is 32.3. The van der Waals surface area contributed by atoms with Gasteiger partial charge in [-0.1, -0.05) is 32.0 Å². The molecule has 2 aromatic rings. The predicted octanol–water partition coefficient (Wildman–Crippen LogP) is 5.47. The van der Waals surface area contributed by atoms with Crippen molar-refractivity contribution in [3.8, 4) is 11.5 Å². The van der Waals surface area contributed by atoms with Gasteiger partial charge >= 0.3 is 18.1 Å². The van der Waals surface area contributed by atoms with Crippen LogP contribution in [0.5, 0.6) is 11.5 Å². The molecule has 2 aliphatic heterocycles. The van der Waals surface area contributed by atoms with Crippen molar-refractivity contribution in [2.24, 2.45) is 5.92 Å². The monoisotopic (exact) mass is 642 g/mol. The van der Waals surface area contributed by atoms with Crippen molar-refractivity contribution in [3.05, 3.63) is 58.7 Å². The number of piperidine rings is 1. The van der Waals surface area contributed by atoms with Crippen LogP contribution in [0.4, 0.5) is 13.2 Å². The lowest BCUT2D eigenvalue weighted by molar-refractivity contribution is -0.222. The molecule has 4 aliphatic rings. The second kappa shape index (κ2) is 11.6. The molecule has 2 bridgehead atoms. The summed E-state index contributed by atoms with van der Waals surface area (Å²) in [6, 6.07) is 8.18. The van der Waals surface area contributed by atoms with Gasteiger partial charge in [0.15, 0.2) is 11.5 Å². The van der Waals surface area contributed by atoms with Gasteiger partial charge in [-0.15, -0.1) is 0 Å². The third-order valence-corrected chi connectivity index (χ3v) is 10.4. The Hall–Kier alpha value is -3.60. The molecule has 46 heavy (non-hydrogen) atoms. The first-order valence-corrected chi connectivity index (χ1v) is 16.0. The van der Waals surface area contributed by atoms with Gasteiger partial charge < -0.3 is 19.1 Å². The molecule has 0 radical (unpaired) electrons. The van der Waals surface area contributed by atoms with Crippen LogP contribution in [0.1, 0.15) is 75.6 Å². The fraction of sp³-hybridized carbons (Fsp3) is 0.571. The number of esters is 2. The second-order valence-electron chi connectivity index (χ2n) is 13.7. The standard InChI is InChI=1S/C35H41F3N2O6/c1-20(2)19-40(29(43)13-8-23-6-10-25(11-7-23)35(36,37)38)26-14-15-34(46-22(4)42)28-18-24-9-12-27(44-21(3)41)31-30(24)33(34,32(26)45-31)16-17-39(28)5/h6-7,9-12,20,26,28,32H,8,13-19H2,1-5H3/t26?,28-,32?,33+,34-/m1/s1. The number of nitrogens with zero attached hydrogens (tertiary/aromatic N) is 2. The van der Waals surface area contributed by atoms with Crippen LogP contribution >= 0.6 is 0 Å². The second-order valence-corrected chi connectivity index (χ2v) is 13.7. The van der Waals surface area contributed by atoms with Crippen molar-refractivity contribution < 1.29 is 41.8 Å². The minimum Gasteiger partial charge on any atom is -0.483 e. The molecule has 2 aliphatic carbocycles. The fourth-order valence-corrected chi connectivity index (χ4v) is 8.77. The lowest BCUT2D eigenvalue weighted by Gasteiger charge is -2.65. The maximum absolute atomic E-state index is 14.1. The molecule has 2 unspecified atom stereocenters. The summed E-state index contributed by atoms with van der Waals surface area (Å²) in [5, 5.41) is 0. The number of carbonyl (C=O) groups excluding carboxylic acids is 3. The molecular formula is C35H41F3N2O6. The van der Waals surface area contributed by atoms with Crippen LogP contribution in [0.2, 0.25) is 0 Å². The van der Waals surface area contributed by atoms with E-state index in [0.29, 0.717) is 55.7 Å². The highest BCUT2D eigenvalue weighted by molar-refractivity contribution is 5.78. The summed E-state index contributed by atoms with van der Waals surface area (Å²) < 4.78 is 58.3. The summed E-state index contributed by atoms with van der Waals surface area (Å²) in [6.45, 7) is 8.02. The maximum Gasteiger partial charge on any atom is 0.416 e. The zero-order valence-electron chi connectivity index (χ0n) is 26.9. The number of benzene rings is 2. The zero-order valence-corrected chi connectivity index (χ0v) is 26.9. The Morgan fingerprint density at radius 3 is 2.41 bits per heavy atom. The topological polar surface area (TPSA) is 85.4 Å².